The molecule has 9 heavy (non-hydrogen) atoms. The number of hydrogen-bond acceptors (Lipinski definition) is 2. The molecule has 0 aromatic heterocycles. The van der Waals surface area contributed by atoms with Gasteiger partial charge in [0.15, 0.2) is 0 Å². The van der Waals surface area contributed by atoms with Crippen LogP contribution in [0.15, 0.2) is 9.98 Å². The maximum absolute atomic E-state index is 5.49. The molecule has 0 saturated carbocycles. The first kappa shape index (κ1) is 7.13. The molecule has 0 atom stereocenters. The van der Waals surface area contributed by atoms with E-state index in [2.05, 4.69) is 9.98 Å². The third kappa shape index (κ3) is 1.48. The standard InChI is InChI=1S/C5H6N2.ClH.Fe/c1-4-5(2)7-3-6-4;;/h1-2H3;1H;/q;;+1/p-1. The summed E-state index contributed by atoms with van der Waals surface area (Å²) in [5.74, 6) is 0. The number of aliphatic imine (C=N–C) groups is 2. The van der Waals surface area contributed by atoms with E-state index in [1.54, 1.807) is 0 Å². The summed E-state index contributed by atoms with van der Waals surface area (Å²) >= 11 is 0.411. The van der Waals surface area contributed by atoms with Crippen LogP contribution in [0, 0.1) is 0 Å². The zero-order valence-corrected chi connectivity index (χ0v) is 6.99. The van der Waals surface area contributed by atoms with Gasteiger partial charge in [0.05, 0.1) is 0 Å². The van der Waals surface area contributed by atoms with Crippen LogP contribution in [-0.2, 0) is 13.6 Å². The molecule has 0 spiro atoms. The van der Waals surface area contributed by atoms with Gasteiger partial charge < -0.3 is 0 Å². The Labute approximate surface area is 64.0 Å². The van der Waals surface area contributed by atoms with Crippen molar-refractivity contribution in [2.24, 2.45) is 9.98 Å². The van der Waals surface area contributed by atoms with Crippen molar-refractivity contribution >= 4 is 26.2 Å². The second kappa shape index (κ2) is 2.74. The van der Waals surface area contributed by atoms with Crippen LogP contribution in [0.4, 0.5) is 0 Å². The molecule has 51 valence electrons. The topological polar surface area (TPSA) is 24.7 Å². The Balaban J connectivity index is 2.96. The van der Waals surface area contributed by atoms with Crippen molar-refractivity contribution in [3.05, 3.63) is 0 Å². The van der Waals surface area contributed by atoms with Crippen molar-refractivity contribution in [2.75, 3.05) is 0 Å². The predicted octanol–water partition coefficient (Wildman–Crippen LogP) is 1.25. The van der Waals surface area contributed by atoms with Crippen molar-refractivity contribution in [1.29, 1.82) is 0 Å². The molecule has 1 heterocycles. The Morgan fingerprint density at radius 1 is 1.22 bits per heavy atom. The van der Waals surface area contributed by atoms with Crippen molar-refractivity contribution in [3.8, 4) is 0 Å². The SMILES string of the molecule is CC1=N[C](=[Fe][Cl])N=C1C. The molecule has 1 aliphatic rings. The van der Waals surface area contributed by atoms with Gasteiger partial charge in [0.1, 0.15) is 0 Å². The van der Waals surface area contributed by atoms with Gasteiger partial charge in [-0.3, -0.25) is 0 Å². The molecule has 1 rings (SSSR count). The van der Waals surface area contributed by atoms with Crippen LogP contribution in [0.25, 0.3) is 0 Å². The maximum atomic E-state index is 5.49. The van der Waals surface area contributed by atoms with E-state index in [1.165, 1.54) is 0 Å². The van der Waals surface area contributed by atoms with Crippen molar-refractivity contribution in [3.63, 3.8) is 0 Å². The van der Waals surface area contributed by atoms with Crippen LogP contribution >= 0.6 is 10.1 Å². The van der Waals surface area contributed by atoms with Gasteiger partial charge in [0.25, 0.3) is 0 Å². The minimum atomic E-state index is 0.411. The summed E-state index contributed by atoms with van der Waals surface area (Å²) in [6.45, 7) is 3.86. The second-order valence-corrected chi connectivity index (χ2v) is 2.97. The third-order valence-electron chi connectivity index (χ3n) is 1.10. The average molecular weight is 185 g/mol. The Kier molecular flexibility index (Phi) is 2.17. The number of halogens is 1. The minimum absolute atomic E-state index is 0.411. The molecule has 0 amide bonds. The number of hydrogen-bond donors (Lipinski definition) is 0. The Morgan fingerprint density at radius 3 is 1.89 bits per heavy atom. The summed E-state index contributed by atoms with van der Waals surface area (Å²) in [5, 5.41) is 0. The summed E-state index contributed by atoms with van der Waals surface area (Å²) in [5.41, 5.74) is 1.95. The first-order valence-corrected chi connectivity index (χ1v) is 4.53. The van der Waals surface area contributed by atoms with Gasteiger partial charge in [0, 0.05) is 0 Å². The van der Waals surface area contributed by atoms with E-state index < -0.39 is 0 Å². The van der Waals surface area contributed by atoms with E-state index in [9.17, 15) is 0 Å². The monoisotopic (exact) mass is 185 g/mol. The molecule has 0 radical (unpaired) electrons. The molecule has 0 N–H and O–H groups in total. The summed E-state index contributed by atoms with van der Waals surface area (Å²) in [7, 11) is 5.49. The van der Waals surface area contributed by atoms with E-state index in [0.717, 1.165) is 16.1 Å². The predicted molar refractivity (Wildman–Crippen MR) is 37.1 cm³/mol. The molecule has 0 aliphatic carbocycles. The van der Waals surface area contributed by atoms with Gasteiger partial charge in [0.2, 0.25) is 0 Å². The summed E-state index contributed by atoms with van der Waals surface area (Å²) in [4.78, 5) is 8.17. The average Bonchev–Trinajstić information content (AvgIpc) is 2.13. The van der Waals surface area contributed by atoms with Crippen molar-refractivity contribution in [2.45, 2.75) is 13.8 Å². The summed E-state index contributed by atoms with van der Waals surface area (Å²) in [6, 6.07) is 0. The van der Waals surface area contributed by atoms with E-state index in [0.29, 0.717) is 13.6 Å². The molecule has 1 aliphatic heterocycles. The van der Waals surface area contributed by atoms with E-state index in [-0.39, 0.29) is 0 Å². The van der Waals surface area contributed by atoms with E-state index in [1.807, 2.05) is 13.8 Å². The number of rotatable bonds is 0. The van der Waals surface area contributed by atoms with Gasteiger partial charge in [-0.15, -0.1) is 0 Å². The van der Waals surface area contributed by atoms with Crippen LogP contribution in [0.2, 0.25) is 0 Å². The molecule has 0 fully saturated rings. The third-order valence-corrected chi connectivity index (χ3v) is 2.02. The quantitative estimate of drug-likeness (QED) is 0.508. The van der Waals surface area contributed by atoms with Crippen LogP contribution in [-0.4, -0.2) is 16.1 Å². The molecule has 0 unspecified atom stereocenters. The van der Waals surface area contributed by atoms with E-state index in [4.69, 9.17) is 10.1 Å². The van der Waals surface area contributed by atoms with Gasteiger partial charge >= 0.3 is 63.6 Å². The van der Waals surface area contributed by atoms with Crippen LogP contribution < -0.4 is 0 Å². The Bertz CT molecular complexity index is 197. The molecular weight excluding hydrogens is 179 g/mol. The molecule has 4 heteroatoms. The van der Waals surface area contributed by atoms with E-state index >= 15 is 0 Å². The Morgan fingerprint density at radius 2 is 1.67 bits per heavy atom. The molecule has 0 bridgehead atoms. The normalized spacial score (nSPS) is 17.9. The Hall–Kier alpha value is 0.0195. The van der Waals surface area contributed by atoms with Crippen molar-refractivity contribution < 1.29 is 13.6 Å². The molecular formula is C5H6ClFeN2. The number of nitrogens with zero attached hydrogens (tertiary/aromatic N) is 2. The van der Waals surface area contributed by atoms with Gasteiger partial charge in [-0.2, -0.15) is 0 Å². The first-order chi connectivity index (χ1) is 4.24. The summed E-state index contributed by atoms with van der Waals surface area (Å²) < 4.78 is 0.728. The van der Waals surface area contributed by atoms with Crippen LogP contribution in [0.5, 0.6) is 0 Å². The molecule has 0 saturated heterocycles. The fourth-order valence-electron chi connectivity index (χ4n) is 0.485. The molecule has 2 nitrogen and oxygen atoms in total. The van der Waals surface area contributed by atoms with Gasteiger partial charge in [-0.05, 0) is 0 Å². The van der Waals surface area contributed by atoms with Gasteiger partial charge in [-0.1, -0.05) is 0 Å². The fraction of sp³-hybridized carbons (Fsp3) is 0.400. The zero-order chi connectivity index (χ0) is 6.85. The van der Waals surface area contributed by atoms with Crippen LogP contribution in [0.1, 0.15) is 13.8 Å². The second-order valence-electron chi connectivity index (χ2n) is 1.72. The van der Waals surface area contributed by atoms with Gasteiger partial charge in [-0.25, -0.2) is 0 Å². The zero-order valence-electron chi connectivity index (χ0n) is 5.13. The first-order valence-electron chi connectivity index (χ1n) is 2.45. The van der Waals surface area contributed by atoms with Crippen molar-refractivity contribution in [1.82, 2.24) is 0 Å². The van der Waals surface area contributed by atoms with Crippen LogP contribution in [0.3, 0.4) is 0 Å². The molecule has 0 aromatic rings. The fourth-order valence-corrected chi connectivity index (χ4v) is 1.20. The summed E-state index contributed by atoms with van der Waals surface area (Å²) in [6.07, 6.45) is 0. The molecule has 0 aromatic carbocycles.